The monoisotopic (exact) mass is 466 g/mol. The lowest BCUT2D eigenvalue weighted by Gasteiger charge is -2.26. The highest BCUT2D eigenvalue weighted by atomic mass is 16.5. The van der Waals surface area contributed by atoms with E-state index in [0.717, 1.165) is 17.7 Å². The standard InChI is InChI=1S/C27H34N2O5/c1-7-34-21-12-11-19(16-22(21)33-6)24-23(25(30)20-15-17(2)9-10-18(20)3)26(31)27(32)29(24)14-8-13-28(4)5/h9-12,15-16,24,30H,7-8,13-14H2,1-6H3. The second-order valence-corrected chi connectivity index (χ2v) is 8.81. The molecular weight excluding hydrogens is 432 g/mol. The molecule has 0 spiro atoms. The summed E-state index contributed by atoms with van der Waals surface area (Å²) >= 11 is 0. The van der Waals surface area contributed by atoms with E-state index in [2.05, 4.69) is 0 Å². The van der Waals surface area contributed by atoms with Crippen molar-refractivity contribution in [2.75, 3.05) is 40.9 Å². The zero-order valence-electron chi connectivity index (χ0n) is 20.8. The summed E-state index contributed by atoms with van der Waals surface area (Å²) in [5.74, 6) is -0.366. The SMILES string of the molecule is CCOc1ccc(C2C(=C(O)c3cc(C)ccc3C)C(=O)C(=O)N2CCCN(C)C)cc1OC. The van der Waals surface area contributed by atoms with E-state index in [-0.39, 0.29) is 11.3 Å². The van der Waals surface area contributed by atoms with Crippen LogP contribution in [-0.4, -0.2) is 67.5 Å². The molecule has 0 bridgehead atoms. The Morgan fingerprint density at radius 2 is 1.82 bits per heavy atom. The van der Waals surface area contributed by atoms with Gasteiger partial charge in [0.2, 0.25) is 0 Å². The molecule has 3 rings (SSSR count). The second kappa shape index (κ2) is 10.7. The van der Waals surface area contributed by atoms with Crippen molar-refractivity contribution in [3.8, 4) is 11.5 Å². The maximum Gasteiger partial charge on any atom is 0.295 e. The molecule has 1 aliphatic rings. The number of hydrogen-bond donors (Lipinski definition) is 1. The van der Waals surface area contributed by atoms with Gasteiger partial charge < -0.3 is 24.4 Å². The molecule has 1 amide bonds. The predicted molar refractivity (Wildman–Crippen MR) is 132 cm³/mol. The van der Waals surface area contributed by atoms with Crippen LogP contribution < -0.4 is 9.47 Å². The molecule has 0 radical (unpaired) electrons. The van der Waals surface area contributed by atoms with E-state index >= 15 is 0 Å². The number of Topliss-reactive ketones (excluding diaryl/α,β-unsaturated/α-hetero) is 1. The fourth-order valence-electron chi connectivity index (χ4n) is 4.28. The summed E-state index contributed by atoms with van der Waals surface area (Å²) < 4.78 is 11.2. The number of aliphatic hydroxyl groups is 1. The number of aryl methyl sites for hydroxylation is 2. The van der Waals surface area contributed by atoms with Gasteiger partial charge in [-0.15, -0.1) is 0 Å². The third kappa shape index (κ3) is 5.09. The van der Waals surface area contributed by atoms with E-state index in [9.17, 15) is 14.7 Å². The van der Waals surface area contributed by atoms with Crippen LogP contribution in [0.15, 0.2) is 42.0 Å². The van der Waals surface area contributed by atoms with E-state index < -0.39 is 17.7 Å². The van der Waals surface area contributed by atoms with E-state index in [0.29, 0.717) is 42.2 Å². The maximum absolute atomic E-state index is 13.3. The van der Waals surface area contributed by atoms with Crippen LogP contribution in [0.25, 0.3) is 5.76 Å². The van der Waals surface area contributed by atoms with E-state index in [1.54, 1.807) is 24.1 Å². The zero-order chi connectivity index (χ0) is 25.0. The molecule has 1 aliphatic heterocycles. The van der Waals surface area contributed by atoms with Gasteiger partial charge in [-0.25, -0.2) is 0 Å². The van der Waals surface area contributed by atoms with Gasteiger partial charge in [-0.2, -0.15) is 0 Å². The van der Waals surface area contributed by atoms with Crippen molar-refractivity contribution in [2.45, 2.75) is 33.2 Å². The van der Waals surface area contributed by atoms with Crippen LogP contribution in [0.2, 0.25) is 0 Å². The van der Waals surface area contributed by atoms with Crippen molar-refractivity contribution in [2.24, 2.45) is 0 Å². The van der Waals surface area contributed by atoms with E-state index in [1.807, 2.05) is 64.0 Å². The fourth-order valence-corrected chi connectivity index (χ4v) is 4.28. The Balaban J connectivity index is 2.18. The smallest absolute Gasteiger partial charge is 0.295 e. The van der Waals surface area contributed by atoms with Crippen molar-refractivity contribution < 1.29 is 24.2 Å². The van der Waals surface area contributed by atoms with Gasteiger partial charge in [0, 0.05) is 12.1 Å². The third-order valence-corrected chi connectivity index (χ3v) is 6.00. The molecule has 34 heavy (non-hydrogen) atoms. The third-order valence-electron chi connectivity index (χ3n) is 6.00. The van der Waals surface area contributed by atoms with Crippen LogP contribution in [0.3, 0.4) is 0 Å². The van der Waals surface area contributed by atoms with Crippen molar-refractivity contribution >= 4 is 17.4 Å². The number of aliphatic hydroxyl groups excluding tert-OH is 1. The molecule has 182 valence electrons. The topological polar surface area (TPSA) is 79.3 Å². The van der Waals surface area contributed by atoms with Crippen LogP contribution in [0.5, 0.6) is 11.5 Å². The number of ether oxygens (including phenoxy) is 2. The van der Waals surface area contributed by atoms with E-state index in [1.165, 1.54) is 0 Å². The molecule has 2 aromatic rings. The largest absolute Gasteiger partial charge is 0.507 e. The molecule has 0 aromatic heterocycles. The molecule has 1 heterocycles. The summed E-state index contributed by atoms with van der Waals surface area (Å²) in [6.07, 6.45) is 0.689. The molecule has 0 saturated carbocycles. The van der Waals surface area contributed by atoms with Crippen molar-refractivity contribution in [1.29, 1.82) is 0 Å². The Kier molecular flexibility index (Phi) is 7.99. The molecule has 7 heteroatoms. The second-order valence-electron chi connectivity index (χ2n) is 8.81. The van der Waals surface area contributed by atoms with Crippen LogP contribution in [-0.2, 0) is 9.59 Å². The number of amides is 1. The van der Waals surface area contributed by atoms with Gasteiger partial charge >= 0.3 is 0 Å². The molecule has 1 fully saturated rings. The highest BCUT2D eigenvalue weighted by Crippen LogP contribution is 2.42. The van der Waals surface area contributed by atoms with Gasteiger partial charge in [-0.05, 0) is 77.2 Å². The highest BCUT2D eigenvalue weighted by molar-refractivity contribution is 6.46. The lowest BCUT2D eigenvalue weighted by Crippen LogP contribution is -2.32. The Hall–Kier alpha value is -3.32. The van der Waals surface area contributed by atoms with Gasteiger partial charge in [0.05, 0.1) is 25.3 Å². The Bertz CT molecular complexity index is 1110. The van der Waals surface area contributed by atoms with Crippen LogP contribution in [0.4, 0.5) is 0 Å². The Labute approximate surface area is 201 Å². The number of rotatable bonds is 9. The summed E-state index contributed by atoms with van der Waals surface area (Å²) in [5, 5.41) is 11.4. The lowest BCUT2D eigenvalue weighted by molar-refractivity contribution is -0.139. The number of carbonyl (C=O) groups is 2. The van der Waals surface area contributed by atoms with Gasteiger partial charge in [-0.3, -0.25) is 9.59 Å². The molecule has 7 nitrogen and oxygen atoms in total. The maximum atomic E-state index is 13.3. The summed E-state index contributed by atoms with van der Waals surface area (Å²) in [4.78, 5) is 30.0. The normalized spacial score (nSPS) is 17.5. The van der Waals surface area contributed by atoms with Crippen LogP contribution in [0, 0.1) is 13.8 Å². The van der Waals surface area contributed by atoms with Gasteiger partial charge in [-0.1, -0.05) is 23.8 Å². The predicted octanol–water partition coefficient (Wildman–Crippen LogP) is 4.08. The van der Waals surface area contributed by atoms with Crippen LogP contribution >= 0.6 is 0 Å². The number of hydrogen-bond acceptors (Lipinski definition) is 6. The molecule has 0 aliphatic carbocycles. The number of methoxy groups -OCH3 is 1. The summed E-state index contributed by atoms with van der Waals surface area (Å²) in [6, 6.07) is 10.3. The Morgan fingerprint density at radius 3 is 2.47 bits per heavy atom. The number of likely N-dealkylation sites (tertiary alicyclic amines) is 1. The molecule has 1 saturated heterocycles. The van der Waals surface area contributed by atoms with Gasteiger partial charge in [0.1, 0.15) is 5.76 Å². The fraction of sp³-hybridized carbons (Fsp3) is 0.407. The van der Waals surface area contributed by atoms with E-state index in [4.69, 9.17) is 9.47 Å². The quantitative estimate of drug-likeness (QED) is 0.341. The zero-order valence-corrected chi connectivity index (χ0v) is 20.8. The van der Waals surface area contributed by atoms with Crippen molar-refractivity contribution in [3.05, 3.63) is 64.2 Å². The molecule has 2 aromatic carbocycles. The minimum Gasteiger partial charge on any atom is -0.507 e. The molecule has 1 N–H and O–H groups in total. The average molecular weight is 467 g/mol. The van der Waals surface area contributed by atoms with Crippen LogP contribution in [0.1, 0.15) is 41.6 Å². The van der Waals surface area contributed by atoms with Crippen molar-refractivity contribution in [3.63, 3.8) is 0 Å². The summed E-state index contributed by atoms with van der Waals surface area (Å²) in [6.45, 7) is 7.30. The minimum atomic E-state index is -0.730. The molecular formula is C27H34N2O5. The average Bonchev–Trinajstić information content (AvgIpc) is 3.05. The number of ketones is 1. The van der Waals surface area contributed by atoms with Gasteiger partial charge in [0.15, 0.2) is 11.5 Å². The first-order valence-electron chi connectivity index (χ1n) is 11.5. The molecule has 1 atom stereocenters. The number of nitrogens with zero attached hydrogens (tertiary/aromatic N) is 2. The Morgan fingerprint density at radius 1 is 1.09 bits per heavy atom. The first kappa shape index (κ1) is 25.3. The first-order chi connectivity index (χ1) is 16.2. The summed E-state index contributed by atoms with van der Waals surface area (Å²) in [5.41, 5.74) is 3.09. The van der Waals surface area contributed by atoms with Gasteiger partial charge in [0.25, 0.3) is 11.7 Å². The highest BCUT2D eigenvalue weighted by Gasteiger charge is 2.46. The lowest BCUT2D eigenvalue weighted by atomic mass is 9.93. The number of carbonyl (C=O) groups excluding carboxylic acids is 2. The molecule has 1 unspecified atom stereocenters. The van der Waals surface area contributed by atoms with Crippen molar-refractivity contribution in [1.82, 2.24) is 9.80 Å². The minimum absolute atomic E-state index is 0.0924. The summed E-state index contributed by atoms with van der Waals surface area (Å²) in [7, 11) is 5.47. The first-order valence-corrected chi connectivity index (χ1v) is 11.5. The number of benzene rings is 2.